The van der Waals surface area contributed by atoms with Gasteiger partial charge in [0, 0.05) is 0 Å². The summed E-state index contributed by atoms with van der Waals surface area (Å²) >= 11 is 1.98. The topological polar surface area (TPSA) is 38.7 Å². The minimum Gasteiger partial charge on any atom is -0.493 e. The Morgan fingerprint density at radius 3 is 2.71 bits per heavy atom. The third-order valence-electron chi connectivity index (χ3n) is 2.87. The first-order chi connectivity index (χ1) is 8.33. The van der Waals surface area contributed by atoms with Gasteiger partial charge < -0.3 is 14.6 Å². The number of aliphatic hydroxyl groups is 1. The second-order valence-corrected chi connectivity index (χ2v) is 5.30. The van der Waals surface area contributed by atoms with Crippen LogP contribution in [-0.4, -0.2) is 29.8 Å². The van der Waals surface area contributed by atoms with Crippen molar-refractivity contribution in [2.45, 2.75) is 25.6 Å². The van der Waals surface area contributed by atoms with Crippen molar-refractivity contribution in [2.24, 2.45) is 0 Å². The van der Waals surface area contributed by atoms with Crippen molar-refractivity contribution in [3.05, 3.63) is 23.8 Å². The van der Waals surface area contributed by atoms with Gasteiger partial charge in [0.15, 0.2) is 11.5 Å². The first-order valence-electron chi connectivity index (χ1n) is 5.85. The van der Waals surface area contributed by atoms with Crippen molar-refractivity contribution in [2.75, 3.05) is 18.6 Å². The third-order valence-corrected chi connectivity index (χ3v) is 3.92. The minimum atomic E-state index is 0.0286. The number of benzene rings is 1. The van der Waals surface area contributed by atoms with Crippen molar-refractivity contribution in [3.63, 3.8) is 0 Å². The van der Waals surface area contributed by atoms with E-state index in [0.717, 1.165) is 41.4 Å². The van der Waals surface area contributed by atoms with E-state index < -0.39 is 0 Å². The first kappa shape index (κ1) is 12.6. The summed E-state index contributed by atoms with van der Waals surface area (Å²) in [7, 11) is 1.64. The lowest BCUT2D eigenvalue weighted by Gasteiger charge is -2.24. The van der Waals surface area contributed by atoms with Gasteiger partial charge in [-0.05, 0) is 42.0 Å². The predicted octanol–water partition coefficient (Wildman–Crippen LogP) is 2.46. The van der Waals surface area contributed by atoms with Crippen LogP contribution in [0.15, 0.2) is 18.2 Å². The zero-order valence-electron chi connectivity index (χ0n) is 10.0. The Morgan fingerprint density at radius 2 is 2.06 bits per heavy atom. The average Bonchev–Trinajstić information content (AvgIpc) is 2.40. The van der Waals surface area contributed by atoms with E-state index in [0.29, 0.717) is 0 Å². The number of hydrogen-bond acceptors (Lipinski definition) is 4. The number of rotatable bonds is 4. The molecular formula is C13H18O3S. The van der Waals surface area contributed by atoms with Gasteiger partial charge in [-0.25, -0.2) is 0 Å². The molecule has 0 saturated carbocycles. The first-order valence-corrected chi connectivity index (χ1v) is 7.01. The van der Waals surface area contributed by atoms with E-state index in [4.69, 9.17) is 14.6 Å². The quantitative estimate of drug-likeness (QED) is 0.896. The molecule has 0 radical (unpaired) electrons. The molecule has 1 heterocycles. The van der Waals surface area contributed by atoms with Gasteiger partial charge in [0.25, 0.3) is 0 Å². The molecule has 94 valence electrons. The molecule has 2 rings (SSSR count). The standard InChI is InChI=1S/C13H18O3S/c1-15-12-3-2-10(9-14)8-13(12)16-11-4-6-17-7-5-11/h2-3,8,11,14H,4-7,9H2,1H3. The molecule has 0 aliphatic carbocycles. The molecule has 17 heavy (non-hydrogen) atoms. The van der Waals surface area contributed by atoms with Crippen LogP contribution < -0.4 is 9.47 Å². The van der Waals surface area contributed by atoms with Crippen LogP contribution in [-0.2, 0) is 6.61 Å². The zero-order valence-corrected chi connectivity index (χ0v) is 10.8. The molecule has 0 atom stereocenters. The molecule has 0 amide bonds. The summed E-state index contributed by atoms with van der Waals surface area (Å²) in [5, 5.41) is 9.13. The van der Waals surface area contributed by atoms with E-state index in [2.05, 4.69) is 0 Å². The third kappa shape index (κ3) is 3.30. The van der Waals surface area contributed by atoms with E-state index in [-0.39, 0.29) is 12.7 Å². The number of ether oxygens (including phenoxy) is 2. The Labute approximate surface area is 106 Å². The number of hydrogen-bond donors (Lipinski definition) is 1. The van der Waals surface area contributed by atoms with Crippen LogP contribution in [0.4, 0.5) is 0 Å². The summed E-state index contributed by atoms with van der Waals surface area (Å²) in [6.45, 7) is 0.0286. The molecular weight excluding hydrogens is 236 g/mol. The lowest BCUT2D eigenvalue weighted by Crippen LogP contribution is -2.22. The fourth-order valence-corrected chi connectivity index (χ4v) is 2.95. The van der Waals surface area contributed by atoms with E-state index in [9.17, 15) is 0 Å². The lowest BCUT2D eigenvalue weighted by atomic mass is 10.2. The molecule has 1 aromatic carbocycles. The maximum atomic E-state index is 9.13. The van der Waals surface area contributed by atoms with Gasteiger partial charge >= 0.3 is 0 Å². The van der Waals surface area contributed by atoms with Crippen molar-refractivity contribution >= 4 is 11.8 Å². The van der Waals surface area contributed by atoms with Crippen molar-refractivity contribution < 1.29 is 14.6 Å². The highest BCUT2D eigenvalue weighted by molar-refractivity contribution is 7.99. The van der Waals surface area contributed by atoms with E-state index in [1.165, 1.54) is 0 Å². The summed E-state index contributed by atoms with van der Waals surface area (Å²) in [6, 6.07) is 5.56. The Bertz CT molecular complexity index is 362. The van der Waals surface area contributed by atoms with Crippen LogP contribution in [0.1, 0.15) is 18.4 Å². The molecule has 1 N–H and O–H groups in total. The summed E-state index contributed by atoms with van der Waals surface area (Å²) in [4.78, 5) is 0. The van der Waals surface area contributed by atoms with Crippen LogP contribution >= 0.6 is 11.8 Å². The molecule has 1 aliphatic heterocycles. The van der Waals surface area contributed by atoms with Crippen molar-refractivity contribution in [3.8, 4) is 11.5 Å². The second kappa shape index (κ2) is 6.17. The highest BCUT2D eigenvalue weighted by atomic mass is 32.2. The number of methoxy groups -OCH3 is 1. The fraction of sp³-hybridized carbons (Fsp3) is 0.538. The number of thioether (sulfide) groups is 1. The summed E-state index contributed by atoms with van der Waals surface area (Å²) in [5.41, 5.74) is 0.853. The molecule has 1 aliphatic rings. The highest BCUT2D eigenvalue weighted by Crippen LogP contribution is 2.31. The van der Waals surface area contributed by atoms with E-state index in [1.54, 1.807) is 7.11 Å². The molecule has 0 aromatic heterocycles. The van der Waals surface area contributed by atoms with Crippen LogP contribution in [0.2, 0.25) is 0 Å². The molecule has 3 nitrogen and oxygen atoms in total. The van der Waals surface area contributed by atoms with Crippen LogP contribution in [0.25, 0.3) is 0 Å². The zero-order chi connectivity index (χ0) is 12.1. The molecule has 0 spiro atoms. The lowest BCUT2D eigenvalue weighted by molar-refractivity contribution is 0.183. The van der Waals surface area contributed by atoms with Gasteiger partial charge in [-0.15, -0.1) is 0 Å². The Hall–Kier alpha value is -0.870. The SMILES string of the molecule is COc1ccc(CO)cc1OC1CCSCC1. The second-order valence-electron chi connectivity index (χ2n) is 4.07. The molecule has 0 unspecified atom stereocenters. The molecule has 0 bridgehead atoms. The van der Waals surface area contributed by atoms with Crippen molar-refractivity contribution in [1.29, 1.82) is 0 Å². The minimum absolute atomic E-state index is 0.0286. The molecule has 1 fully saturated rings. The molecule has 4 heteroatoms. The average molecular weight is 254 g/mol. The van der Waals surface area contributed by atoms with Gasteiger partial charge in [0.2, 0.25) is 0 Å². The highest BCUT2D eigenvalue weighted by Gasteiger charge is 2.17. The summed E-state index contributed by atoms with van der Waals surface area (Å²) in [6.07, 6.45) is 2.44. The molecule has 1 saturated heterocycles. The predicted molar refractivity (Wildman–Crippen MR) is 69.9 cm³/mol. The van der Waals surface area contributed by atoms with Crippen molar-refractivity contribution in [1.82, 2.24) is 0 Å². The fourth-order valence-electron chi connectivity index (χ4n) is 1.88. The largest absolute Gasteiger partial charge is 0.493 e. The van der Waals surface area contributed by atoms with Gasteiger partial charge in [0.1, 0.15) is 6.10 Å². The van der Waals surface area contributed by atoms with Gasteiger partial charge in [-0.2, -0.15) is 11.8 Å². The summed E-state index contributed by atoms with van der Waals surface area (Å²) in [5.74, 6) is 3.80. The smallest absolute Gasteiger partial charge is 0.161 e. The van der Waals surface area contributed by atoms with Gasteiger partial charge in [-0.3, -0.25) is 0 Å². The van der Waals surface area contributed by atoms with Gasteiger partial charge in [0.05, 0.1) is 13.7 Å². The van der Waals surface area contributed by atoms with Crippen LogP contribution in [0, 0.1) is 0 Å². The normalized spacial score (nSPS) is 16.8. The Kier molecular flexibility index (Phi) is 4.57. The maximum absolute atomic E-state index is 9.13. The monoisotopic (exact) mass is 254 g/mol. The summed E-state index contributed by atoms with van der Waals surface area (Å²) < 4.78 is 11.2. The maximum Gasteiger partial charge on any atom is 0.161 e. The van der Waals surface area contributed by atoms with Crippen LogP contribution in [0.3, 0.4) is 0 Å². The van der Waals surface area contributed by atoms with Crippen LogP contribution in [0.5, 0.6) is 11.5 Å². The Balaban J connectivity index is 2.11. The number of aliphatic hydroxyl groups excluding tert-OH is 1. The van der Waals surface area contributed by atoms with E-state index >= 15 is 0 Å². The van der Waals surface area contributed by atoms with Gasteiger partial charge in [-0.1, -0.05) is 6.07 Å². The van der Waals surface area contributed by atoms with E-state index in [1.807, 2.05) is 30.0 Å². The molecule has 1 aromatic rings. The Morgan fingerprint density at radius 1 is 1.29 bits per heavy atom.